The lowest BCUT2D eigenvalue weighted by molar-refractivity contribution is 0.362. The summed E-state index contributed by atoms with van der Waals surface area (Å²) in [5, 5.41) is 2.48. The third-order valence-electron chi connectivity index (χ3n) is 6.28. The highest BCUT2D eigenvalue weighted by atomic mass is 16.4. The fourth-order valence-corrected chi connectivity index (χ4v) is 4.96. The molecule has 0 saturated carbocycles. The average molecular weight is 436 g/mol. The number of aromatic amines is 1. The molecule has 0 fully saturated rings. The van der Waals surface area contributed by atoms with Gasteiger partial charge in [0.15, 0.2) is 5.58 Å². The normalized spacial score (nSPS) is 14.2. The zero-order valence-corrected chi connectivity index (χ0v) is 22.1. The second-order valence-electron chi connectivity index (χ2n) is 13.5. The fourth-order valence-electron chi connectivity index (χ4n) is 4.96. The van der Waals surface area contributed by atoms with Gasteiger partial charge in [0.1, 0.15) is 0 Å². The third kappa shape index (κ3) is 3.62. The number of hydrogen-bond donors (Lipinski definition) is 1. The standard InChI is InChI=1S/C28H41N3O/c1-25(2,3)22-18-14-30(15-19(18)29-23(22)26(4,5)6)21-13-17-20(32-21)16-31(28(10,11)12)24(17)27(7,8)9/h13-16,29H,1-12H3. The second-order valence-corrected chi connectivity index (χ2v) is 13.5. The summed E-state index contributed by atoms with van der Waals surface area (Å²) in [6.07, 6.45) is 6.58. The first-order chi connectivity index (χ1) is 14.4. The summed E-state index contributed by atoms with van der Waals surface area (Å²) in [7, 11) is 0. The molecular formula is C28H41N3O. The van der Waals surface area contributed by atoms with Crippen molar-refractivity contribution in [3.05, 3.63) is 41.6 Å². The van der Waals surface area contributed by atoms with Crippen molar-refractivity contribution in [1.82, 2.24) is 14.1 Å². The minimum absolute atomic E-state index is 0.00137. The molecule has 0 radical (unpaired) electrons. The predicted octanol–water partition coefficient (Wildman–Crippen LogP) is 8.15. The Kier molecular flexibility index (Phi) is 4.70. The highest BCUT2D eigenvalue weighted by molar-refractivity contribution is 5.88. The number of nitrogens with one attached hydrogen (secondary N) is 1. The molecule has 0 aliphatic carbocycles. The Labute approximate surface area is 193 Å². The molecule has 32 heavy (non-hydrogen) atoms. The molecule has 0 amide bonds. The Morgan fingerprint density at radius 3 is 1.84 bits per heavy atom. The summed E-state index contributed by atoms with van der Waals surface area (Å²) in [5.41, 5.74) is 6.27. The zero-order valence-electron chi connectivity index (χ0n) is 22.1. The molecule has 174 valence electrons. The van der Waals surface area contributed by atoms with Gasteiger partial charge in [-0.2, -0.15) is 0 Å². The van der Waals surface area contributed by atoms with Crippen molar-refractivity contribution in [2.45, 2.75) is 105 Å². The summed E-state index contributed by atoms with van der Waals surface area (Å²) >= 11 is 0. The summed E-state index contributed by atoms with van der Waals surface area (Å²) in [6.45, 7) is 27.3. The molecule has 0 bridgehead atoms. The van der Waals surface area contributed by atoms with Gasteiger partial charge in [-0.1, -0.05) is 62.3 Å². The van der Waals surface area contributed by atoms with Gasteiger partial charge in [-0.05, 0) is 31.7 Å². The molecule has 0 atom stereocenters. The van der Waals surface area contributed by atoms with Crippen molar-refractivity contribution in [2.24, 2.45) is 0 Å². The molecule has 0 spiro atoms. The molecular weight excluding hydrogens is 394 g/mol. The zero-order chi connectivity index (χ0) is 24.0. The molecule has 4 heterocycles. The van der Waals surface area contributed by atoms with E-state index in [-0.39, 0.29) is 21.8 Å². The van der Waals surface area contributed by atoms with Gasteiger partial charge in [0.25, 0.3) is 0 Å². The summed E-state index contributed by atoms with van der Waals surface area (Å²) in [5.74, 6) is 0.864. The number of rotatable bonds is 1. The van der Waals surface area contributed by atoms with Crippen LogP contribution < -0.4 is 0 Å². The van der Waals surface area contributed by atoms with Crippen molar-refractivity contribution < 1.29 is 4.42 Å². The largest absolute Gasteiger partial charge is 0.438 e. The van der Waals surface area contributed by atoms with E-state index in [2.05, 4.69) is 122 Å². The lowest BCUT2D eigenvalue weighted by Crippen LogP contribution is -2.28. The molecule has 0 aliphatic rings. The van der Waals surface area contributed by atoms with E-state index in [1.807, 2.05) is 0 Å². The van der Waals surface area contributed by atoms with Gasteiger partial charge in [-0.15, -0.1) is 0 Å². The lowest BCUT2D eigenvalue weighted by atomic mass is 9.78. The Bertz CT molecular complexity index is 1190. The number of nitrogens with zero attached hydrogens (tertiary/aromatic N) is 2. The van der Waals surface area contributed by atoms with Gasteiger partial charge >= 0.3 is 0 Å². The van der Waals surface area contributed by atoms with Crippen LogP contribution in [-0.2, 0) is 21.8 Å². The van der Waals surface area contributed by atoms with Gasteiger partial charge in [0.2, 0.25) is 5.88 Å². The summed E-state index contributed by atoms with van der Waals surface area (Å²) < 4.78 is 10.9. The van der Waals surface area contributed by atoms with Gasteiger partial charge < -0.3 is 14.0 Å². The number of fused-ring (bicyclic) bond motifs is 2. The van der Waals surface area contributed by atoms with Crippen LogP contribution in [0.3, 0.4) is 0 Å². The van der Waals surface area contributed by atoms with Crippen molar-refractivity contribution in [2.75, 3.05) is 0 Å². The fraction of sp³-hybridized carbons (Fsp3) is 0.571. The van der Waals surface area contributed by atoms with E-state index >= 15 is 0 Å². The molecule has 0 saturated heterocycles. The maximum absolute atomic E-state index is 6.42. The maximum Gasteiger partial charge on any atom is 0.205 e. The van der Waals surface area contributed by atoms with Gasteiger partial charge in [-0.3, -0.25) is 4.57 Å². The molecule has 4 nitrogen and oxygen atoms in total. The van der Waals surface area contributed by atoms with E-state index in [0.29, 0.717) is 0 Å². The van der Waals surface area contributed by atoms with Crippen LogP contribution in [0.1, 0.15) is 100 Å². The Hall–Kier alpha value is -2.36. The van der Waals surface area contributed by atoms with Crippen molar-refractivity contribution in [3.8, 4) is 5.88 Å². The van der Waals surface area contributed by atoms with E-state index in [9.17, 15) is 0 Å². The van der Waals surface area contributed by atoms with Crippen LogP contribution in [0.2, 0.25) is 0 Å². The molecule has 4 rings (SSSR count). The lowest BCUT2D eigenvalue weighted by Gasteiger charge is -2.30. The maximum atomic E-state index is 6.42. The van der Waals surface area contributed by atoms with Crippen molar-refractivity contribution >= 4 is 21.9 Å². The molecule has 0 aliphatic heterocycles. The molecule has 4 heteroatoms. The molecule has 4 aromatic heterocycles. The van der Waals surface area contributed by atoms with Crippen LogP contribution in [-0.4, -0.2) is 14.1 Å². The van der Waals surface area contributed by atoms with E-state index in [1.54, 1.807) is 0 Å². The number of H-pyrrole nitrogens is 1. The Morgan fingerprint density at radius 1 is 0.719 bits per heavy atom. The third-order valence-corrected chi connectivity index (χ3v) is 6.28. The van der Waals surface area contributed by atoms with Crippen LogP contribution >= 0.6 is 0 Å². The van der Waals surface area contributed by atoms with Crippen molar-refractivity contribution in [1.29, 1.82) is 0 Å². The quantitative estimate of drug-likeness (QED) is 0.322. The van der Waals surface area contributed by atoms with Crippen molar-refractivity contribution in [3.63, 3.8) is 0 Å². The van der Waals surface area contributed by atoms with Crippen LogP contribution in [0, 0.1) is 0 Å². The van der Waals surface area contributed by atoms with Gasteiger partial charge in [0.05, 0.1) is 5.52 Å². The highest BCUT2D eigenvalue weighted by Crippen LogP contribution is 2.41. The molecule has 1 N–H and O–H groups in total. The predicted molar refractivity (Wildman–Crippen MR) is 136 cm³/mol. The Balaban J connectivity index is 1.91. The van der Waals surface area contributed by atoms with Crippen LogP contribution in [0.5, 0.6) is 0 Å². The van der Waals surface area contributed by atoms with Crippen LogP contribution in [0.4, 0.5) is 0 Å². The highest BCUT2D eigenvalue weighted by Gasteiger charge is 2.32. The number of hydrogen-bond acceptors (Lipinski definition) is 1. The first kappa shape index (κ1) is 22.8. The average Bonchev–Trinajstić information content (AvgIpc) is 3.26. The second kappa shape index (κ2) is 6.59. The minimum Gasteiger partial charge on any atom is -0.438 e. The smallest absolute Gasteiger partial charge is 0.205 e. The van der Waals surface area contributed by atoms with Crippen LogP contribution in [0.15, 0.2) is 29.1 Å². The first-order valence-electron chi connectivity index (χ1n) is 11.8. The molecule has 4 aromatic rings. The molecule has 0 aromatic carbocycles. The van der Waals surface area contributed by atoms with E-state index in [1.165, 1.54) is 27.7 Å². The SMILES string of the molecule is CC(C)(C)c1[nH]c2cn(-c3cc4c(C(C)(C)C)n(C(C)(C)C)cc4o3)cc2c1C(C)(C)C. The Morgan fingerprint density at radius 2 is 1.34 bits per heavy atom. The summed E-state index contributed by atoms with van der Waals surface area (Å²) in [6, 6.07) is 2.21. The van der Waals surface area contributed by atoms with Crippen LogP contribution in [0.25, 0.3) is 27.8 Å². The minimum atomic E-state index is -0.00137. The van der Waals surface area contributed by atoms with E-state index in [0.717, 1.165) is 17.0 Å². The topological polar surface area (TPSA) is 38.8 Å². The first-order valence-corrected chi connectivity index (χ1v) is 11.8. The van der Waals surface area contributed by atoms with Gasteiger partial charge in [0, 0.05) is 63.2 Å². The van der Waals surface area contributed by atoms with E-state index < -0.39 is 0 Å². The van der Waals surface area contributed by atoms with Gasteiger partial charge in [-0.25, -0.2) is 0 Å². The summed E-state index contributed by atoms with van der Waals surface area (Å²) in [4.78, 5) is 3.73. The molecule has 0 unspecified atom stereocenters. The van der Waals surface area contributed by atoms with E-state index in [4.69, 9.17) is 4.42 Å². The monoisotopic (exact) mass is 435 g/mol. The number of furan rings is 1. The number of aromatic nitrogens is 3.